The molecule has 0 aliphatic heterocycles. The molecule has 3 N–H and O–H groups in total. The third-order valence-electron chi connectivity index (χ3n) is 3.51. The summed E-state index contributed by atoms with van der Waals surface area (Å²) in [6, 6.07) is 15.7. The van der Waals surface area contributed by atoms with Crippen LogP contribution in [0.1, 0.15) is 6.92 Å². The summed E-state index contributed by atoms with van der Waals surface area (Å²) in [4.78, 5) is 30.1. The summed E-state index contributed by atoms with van der Waals surface area (Å²) in [6.45, 7) is 1.41. The Labute approximate surface area is 154 Å². The number of anilines is 5. The van der Waals surface area contributed by atoms with Crippen molar-refractivity contribution in [1.82, 2.24) is 9.97 Å². The normalized spacial score (nSPS) is 10.1. The Bertz CT molecular complexity index is 961. The fourth-order valence-corrected chi connectivity index (χ4v) is 2.37. The van der Waals surface area contributed by atoms with Gasteiger partial charge in [-0.2, -0.15) is 0 Å². The number of nitro groups is 1. The number of para-hydroxylation sites is 1. The Hall–Kier alpha value is -4.01. The third-order valence-corrected chi connectivity index (χ3v) is 3.51. The number of rotatable bonds is 6. The average Bonchev–Trinajstić information content (AvgIpc) is 2.64. The zero-order valence-corrected chi connectivity index (χ0v) is 14.3. The number of aromatic nitrogens is 2. The van der Waals surface area contributed by atoms with E-state index >= 15 is 0 Å². The number of amides is 1. The monoisotopic (exact) mass is 364 g/mol. The van der Waals surface area contributed by atoms with E-state index in [1.54, 1.807) is 36.4 Å². The standard InChI is InChI=1S/C18H16N6O3/c1-12(25)21-14-7-9-15(10-8-14)23-18-16(24(26)27)17(19-11-20-18)22-13-5-3-2-4-6-13/h2-11H,1H3,(H,21,25)(H2,19,20,22,23). The molecule has 9 heteroatoms. The van der Waals surface area contributed by atoms with Gasteiger partial charge in [-0.15, -0.1) is 0 Å². The average molecular weight is 364 g/mol. The number of carbonyl (C=O) groups excluding carboxylic acids is 1. The van der Waals surface area contributed by atoms with Crippen molar-refractivity contribution < 1.29 is 9.72 Å². The molecule has 2 aromatic carbocycles. The Balaban J connectivity index is 1.88. The maximum atomic E-state index is 11.6. The van der Waals surface area contributed by atoms with E-state index in [1.807, 2.05) is 18.2 Å². The van der Waals surface area contributed by atoms with Crippen LogP contribution in [0.4, 0.5) is 34.4 Å². The summed E-state index contributed by atoms with van der Waals surface area (Å²) >= 11 is 0. The Morgan fingerprint density at radius 3 is 1.93 bits per heavy atom. The first kappa shape index (κ1) is 17.8. The lowest BCUT2D eigenvalue weighted by Crippen LogP contribution is -2.06. The van der Waals surface area contributed by atoms with E-state index in [-0.39, 0.29) is 23.2 Å². The number of nitrogens with zero attached hydrogens (tertiary/aromatic N) is 3. The molecule has 3 rings (SSSR count). The van der Waals surface area contributed by atoms with Gasteiger partial charge in [0.2, 0.25) is 17.5 Å². The second-order valence-electron chi connectivity index (χ2n) is 5.55. The van der Waals surface area contributed by atoms with Gasteiger partial charge in [0.1, 0.15) is 6.33 Å². The maximum absolute atomic E-state index is 11.6. The Kier molecular flexibility index (Phi) is 5.22. The minimum Gasteiger partial charge on any atom is -0.334 e. The molecule has 1 amide bonds. The molecule has 0 unspecified atom stereocenters. The van der Waals surface area contributed by atoms with Crippen molar-refractivity contribution in [3.8, 4) is 0 Å². The van der Waals surface area contributed by atoms with Gasteiger partial charge in [0.05, 0.1) is 4.92 Å². The molecular weight excluding hydrogens is 348 g/mol. The number of benzene rings is 2. The predicted molar refractivity (Wildman–Crippen MR) is 102 cm³/mol. The predicted octanol–water partition coefficient (Wildman–Crippen LogP) is 3.83. The minimum absolute atomic E-state index is 0.0562. The summed E-state index contributed by atoms with van der Waals surface area (Å²) in [5.41, 5.74) is 1.60. The van der Waals surface area contributed by atoms with Crippen LogP contribution >= 0.6 is 0 Å². The van der Waals surface area contributed by atoms with Crippen LogP contribution in [0.2, 0.25) is 0 Å². The van der Waals surface area contributed by atoms with Crippen LogP contribution in [-0.4, -0.2) is 20.8 Å². The van der Waals surface area contributed by atoms with Crippen LogP contribution in [0.15, 0.2) is 60.9 Å². The molecule has 1 heterocycles. The summed E-state index contributed by atoms with van der Waals surface area (Å²) < 4.78 is 0. The Morgan fingerprint density at radius 1 is 0.889 bits per heavy atom. The van der Waals surface area contributed by atoms with Crippen molar-refractivity contribution in [2.24, 2.45) is 0 Å². The quantitative estimate of drug-likeness (QED) is 0.449. The van der Waals surface area contributed by atoms with E-state index in [2.05, 4.69) is 25.9 Å². The van der Waals surface area contributed by atoms with Crippen molar-refractivity contribution in [2.45, 2.75) is 6.92 Å². The van der Waals surface area contributed by atoms with E-state index in [4.69, 9.17) is 0 Å². The molecule has 27 heavy (non-hydrogen) atoms. The summed E-state index contributed by atoms with van der Waals surface area (Å²) in [7, 11) is 0. The van der Waals surface area contributed by atoms with Gasteiger partial charge >= 0.3 is 5.69 Å². The molecule has 0 saturated heterocycles. The minimum atomic E-state index is -0.542. The lowest BCUT2D eigenvalue weighted by atomic mass is 10.2. The molecule has 0 fully saturated rings. The zero-order valence-electron chi connectivity index (χ0n) is 14.3. The van der Waals surface area contributed by atoms with E-state index in [9.17, 15) is 14.9 Å². The van der Waals surface area contributed by atoms with E-state index in [0.29, 0.717) is 17.1 Å². The molecule has 0 saturated carbocycles. The van der Waals surface area contributed by atoms with Crippen LogP contribution in [0.5, 0.6) is 0 Å². The highest BCUT2D eigenvalue weighted by Crippen LogP contribution is 2.33. The van der Waals surface area contributed by atoms with Gasteiger partial charge in [-0.1, -0.05) is 18.2 Å². The zero-order chi connectivity index (χ0) is 19.2. The second kappa shape index (κ2) is 7.91. The van der Waals surface area contributed by atoms with Gasteiger partial charge in [-0.05, 0) is 36.4 Å². The highest BCUT2D eigenvalue weighted by Gasteiger charge is 2.23. The first-order valence-corrected chi connectivity index (χ1v) is 7.99. The van der Waals surface area contributed by atoms with Crippen molar-refractivity contribution in [1.29, 1.82) is 0 Å². The van der Waals surface area contributed by atoms with E-state index < -0.39 is 4.92 Å². The fourth-order valence-electron chi connectivity index (χ4n) is 2.37. The molecule has 9 nitrogen and oxygen atoms in total. The second-order valence-corrected chi connectivity index (χ2v) is 5.55. The molecule has 0 aliphatic rings. The van der Waals surface area contributed by atoms with Crippen LogP contribution < -0.4 is 16.0 Å². The summed E-state index contributed by atoms with van der Waals surface area (Å²) in [5, 5.41) is 20.1. The highest BCUT2D eigenvalue weighted by molar-refractivity contribution is 5.89. The van der Waals surface area contributed by atoms with Crippen LogP contribution in [0, 0.1) is 10.1 Å². The molecule has 0 bridgehead atoms. The van der Waals surface area contributed by atoms with Gasteiger partial charge in [0.15, 0.2) is 0 Å². The lowest BCUT2D eigenvalue weighted by molar-refractivity contribution is -0.383. The summed E-state index contributed by atoms with van der Waals surface area (Å²) in [5.74, 6) is -0.0435. The molecule has 0 aliphatic carbocycles. The first-order chi connectivity index (χ1) is 13.0. The van der Waals surface area contributed by atoms with E-state index in [1.165, 1.54) is 13.3 Å². The molecule has 0 spiro atoms. The van der Waals surface area contributed by atoms with Crippen molar-refractivity contribution in [3.05, 3.63) is 71.0 Å². The van der Waals surface area contributed by atoms with Gasteiger partial charge in [-0.3, -0.25) is 14.9 Å². The number of carbonyl (C=O) groups is 1. The van der Waals surface area contributed by atoms with Crippen molar-refractivity contribution >= 4 is 40.3 Å². The molecule has 0 radical (unpaired) electrons. The fraction of sp³-hybridized carbons (Fsp3) is 0.0556. The molecule has 136 valence electrons. The van der Waals surface area contributed by atoms with Gasteiger partial charge in [0.25, 0.3) is 0 Å². The largest absolute Gasteiger partial charge is 0.353 e. The SMILES string of the molecule is CC(=O)Nc1ccc(Nc2ncnc(Nc3ccccc3)c2[N+](=O)[O-])cc1. The number of hydrogen-bond acceptors (Lipinski definition) is 7. The van der Waals surface area contributed by atoms with Gasteiger partial charge < -0.3 is 16.0 Å². The van der Waals surface area contributed by atoms with E-state index in [0.717, 1.165) is 0 Å². The lowest BCUT2D eigenvalue weighted by Gasteiger charge is -2.10. The Morgan fingerprint density at radius 2 is 1.41 bits per heavy atom. The first-order valence-electron chi connectivity index (χ1n) is 7.99. The maximum Gasteiger partial charge on any atom is 0.353 e. The topological polar surface area (TPSA) is 122 Å². The molecule has 1 aromatic heterocycles. The molecule has 3 aromatic rings. The van der Waals surface area contributed by atoms with Crippen LogP contribution in [0.3, 0.4) is 0 Å². The summed E-state index contributed by atoms with van der Waals surface area (Å²) in [6.07, 6.45) is 1.24. The highest BCUT2D eigenvalue weighted by atomic mass is 16.6. The third kappa shape index (κ3) is 4.54. The number of hydrogen-bond donors (Lipinski definition) is 3. The smallest absolute Gasteiger partial charge is 0.334 e. The molecular formula is C18H16N6O3. The number of nitrogens with one attached hydrogen (secondary N) is 3. The van der Waals surface area contributed by atoms with Crippen LogP contribution in [0.25, 0.3) is 0 Å². The van der Waals surface area contributed by atoms with Gasteiger partial charge in [0, 0.05) is 24.0 Å². The van der Waals surface area contributed by atoms with Crippen molar-refractivity contribution in [3.63, 3.8) is 0 Å². The van der Waals surface area contributed by atoms with Crippen LogP contribution in [-0.2, 0) is 4.79 Å². The molecule has 0 atom stereocenters. The van der Waals surface area contributed by atoms with Crippen molar-refractivity contribution in [2.75, 3.05) is 16.0 Å². The van der Waals surface area contributed by atoms with Gasteiger partial charge in [-0.25, -0.2) is 9.97 Å².